The molecule has 2 aromatic rings. The van der Waals surface area contributed by atoms with E-state index in [0.717, 1.165) is 0 Å². The molecular weight excluding hydrogens is 333 g/mol. The largest absolute Gasteiger partial charge is 0.398 e. The highest BCUT2D eigenvalue weighted by Gasteiger charge is 2.23. The van der Waals surface area contributed by atoms with Gasteiger partial charge in [0.25, 0.3) is 10.0 Å². The number of amides is 1. The van der Waals surface area contributed by atoms with E-state index in [0.29, 0.717) is 29.7 Å². The van der Waals surface area contributed by atoms with Crippen molar-refractivity contribution in [1.29, 1.82) is 0 Å². The van der Waals surface area contributed by atoms with E-state index in [1.807, 2.05) is 0 Å². The monoisotopic (exact) mass is 349 g/mol. The molecule has 0 saturated carbocycles. The number of nitrogen functional groups attached to an aromatic ring is 1. The lowest BCUT2D eigenvalue weighted by Gasteiger charge is -2.19. The summed E-state index contributed by atoms with van der Waals surface area (Å²) < 4.78 is 40.9. The summed E-state index contributed by atoms with van der Waals surface area (Å²) in [5, 5.41) is 2.67. The lowest BCUT2D eigenvalue weighted by atomic mass is 10.0. The second-order valence-corrected chi connectivity index (χ2v) is 7.32. The van der Waals surface area contributed by atoms with Crippen LogP contribution in [0.2, 0.25) is 0 Å². The molecule has 126 valence electrons. The Morgan fingerprint density at radius 1 is 1.21 bits per heavy atom. The maximum atomic E-state index is 13.3. The predicted octanol–water partition coefficient (Wildman–Crippen LogP) is 2.40. The number of hydrogen-bond donors (Lipinski definition) is 3. The first-order chi connectivity index (χ1) is 11.3. The van der Waals surface area contributed by atoms with Crippen molar-refractivity contribution in [1.82, 2.24) is 0 Å². The van der Waals surface area contributed by atoms with E-state index < -0.39 is 15.8 Å². The Labute approximate surface area is 138 Å². The lowest BCUT2D eigenvalue weighted by Crippen LogP contribution is -2.21. The third-order valence-electron chi connectivity index (χ3n) is 3.83. The summed E-state index contributed by atoms with van der Waals surface area (Å²) >= 11 is 0. The lowest BCUT2D eigenvalue weighted by molar-refractivity contribution is -0.116. The Kier molecular flexibility index (Phi) is 3.92. The summed E-state index contributed by atoms with van der Waals surface area (Å²) in [6.45, 7) is 1.54. The average Bonchev–Trinajstić information content (AvgIpc) is 2.49. The SMILES string of the molecule is Cc1cc(NS(=O)(=O)c2cc3c(cc2N)NC(=O)CC3)ccc1F. The molecule has 0 fully saturated rings. The zero-order valence-corrected chi connectivity index (χ0v) is 13.7. The van der Waals surface area contributed by atoms with Crippen molar-refractivity contribution in [3.05, 3.63) is 47.3 Å². The summed E-state index contributed by atoms with van der Waals surface area (Å²) in [4.78, 5) is 11.3. The highest BCUT2D eigenvalue weighted by atomic mass is 32.2. The van der Waals surface area contributed by atoms with Gasteiger partial charge in [-0.15, -0.1) is 0 Å². The van der Waals surface area contributed by atoms with Gasteiger partial charge in [-0.3, -0.25) is 9.52 Å². The molecule has 0 saturated heterocycles. The molecule has 0 spiro atoms. The van der Waals surface area contributed by atoms with Crippen molar-refractivity contribution in [2.45, 2.75) is 24.7 Å². The molecule has 1 heterocycles. The quantitative estimate of drug-likeness (QED) is 0.741. The number of sulfonamides is 1. The minimum atomic E-state index is -3.93. The van der Waals surface area contributed by atoms with Crippen LogP contribution in [0, 0.1) is 12.7 Å². The van der Waals surface area contributed by atoms with Crippen LogP contribution in [0.3, 0.4) is 0 Å². The number of rotatable bonds is 3. The zero-order chi connectivity index (χ0) is 17.5. The fourth-order valence-electron chi connectivity index (χ4n) is 2.57. The van der Waals surface area contributed by atoms with Crippen LogP contribution in [0.15, 0.2) is 35.2 Å². The van der Waals surface area contributed by atoms with E-state index in [9.17, 15) is 17.6 Å². The van der Waals surface area contributed by atoms with Crippen molar-refractivity contribution < 1.29 is 17.6 Å². The van der Waals surface area contributed by atoms with Gasteiger partial charge in [-0.1, -0.05) is 0 Å². The summed E-state index contributed by atoms with van der Waals surface area (Å²) in [5.41, 5.74) is 7.70. The first-order valence-corrected chi connectivity index (χ1v) is 8.76. The van der Waals surface area contributed by atoms with Gasteiger partial charge in [0.2, 0.25) is 5.91 Å². The second kappa shape index (κ2) is 5.79. The molecule has 0 bridgehead atoms. The smallest absolute Gasteiger partial charge is 0.263 e. The number of carbonyl (C=O) groups excluding carboxylic acids is 1. The molecule has 8 heteroatoms. The van der Waals surface area contributed by atoms with Crippen molar-refractivity contribution in [2.75, 3.05) is 15.8 Å². The van der Waals surface area contributed by atoms with Crippen molar-refractivity contribution in [3.63, 3.8) is 0 Å². The minimum Gasteiger partial charge on any atom is -0.398 e. The molecule has 1 amide bonds. The highest BCUT2D eigenvalue weighted by Crippen LogP contribution is 2.31. The number of halogens is 1. The summed E-state index contributed by atoms with van der Waals surface area (Å²) in [7, 11) is -3.93. The molecule has 2 aromatic carbocycles. The van der Waals surface area contributed by atoms with Crippen molar-refractivity contribution in [2.24, 2.45) is 0 Å². The molecule has 4 N–H and O–H groups in total. The van der Waals surface area contributed by atoms with Gasteiger partial charge < -0.3 is 11.1 Å². The number of nitrogens with one attached hydrogen (secondary N) is 2. The van der Waals surface area contributed by atoms with Crippen LogP contribution in [-0.2, 0) is 21.2 Å². The van der Waals surface area contributed by atoms with Gasteiger partial charge in [-0.2, -0.15) is 0 Å². The van der Waals surface area contributed by atoms with Crippen molar-refractivity contribution in [3.8, 4) is 0 Å². The molecule has 24 heavy (non-hydrogen) atoms. The molecule has 6 nitrogen and oxygen atoms in total. The average molecular weight is 349 g/mol. The van der Waals surface area contributed by atoms with Crippen LogP contribution in [0.1, 0.15) is 17.5 Å². The van der Waals surface area contributed by atoms with Gasteiger partial charge in [0.15, 0.2) is 0 Å². The Morgan fingerprint density at radius 2 is 1.96 bits per heavy atom. The number of hydrogen-bond acceptors (Lipinski definition) is 4. The van der Waals surface area contributed by atoms with Gasteiger partial charge in [0.05, 0.1) is 5.69 Å². The van der Waals surface area contributed by atoms with E-state index in [-0.39, 0.29) is 22.2 Å². The molecule has 0 radical (unpaired) electrons. The van der Waals surface area contributed by atoms with E-state index in [2.05, 4.69) is 10.0 Å². The maximum Gasteiger partial charge on any atom is 0.263 e. The fourth-order valence-corrected chi connectivity index (χ4v) is 3.79. The van der Waals surface area contributed by atoms with Crippen LogP contribution < -0.4 is 15.8 Å². The Hall–Kier alpha value is -2.61. The first-order valence-electron chi connectivity index (χ1n) is 7.27. The van der Waals surface area contributed by atoms with Gasteiger partial charge in [-0.25, -0.2) is 12.8 Å². The Bertz CT molecular complexity index is 942. The van der Waals surface area contributed by atoms with Crippen molar-refractivity contribution >= 4 is 33.0 Å². The van der Waals surface area contributed by atoms with Gasteiger partial charge >= 0.3 is 0 Å². The molecule has 1 aliphatic rings. The molecule has 3 rings (SSSR count). The number of anilines is 3. The molecule has 1 aliphatic heterocycles. The van der Waals surface area contributed by atoms with E-state index in [4.69, 9.17) is 5.73 Å². The van der Waals surface area contributed by atoms with E-state index in [1.165, 1.54) is 30.3 Å². The van der Waals surface area contributed by atoms with Crippen LogP contribution in [0.5, 0.6) is 0 Å². The highest BCUT2D eigenvalue weighted by molar-refractivity contribution is 7.92. The molecular formula is C16H16FN3O3S. The molecule has 0 atom stereocenters. The second-order valence-electron chi connectivity index (χ2n) is 5.66. The molecule has 0 unspecified atom stereocenters. The number of nitrogens with two attached hydrogens (primary N) is 1. The number of fused-ring (bicyclic) bond motifs is 1. The number of aryl methyl sites for hydroxylation is 2. The molecule has 0 aromatic heterocycles. The van der Waals surface area contributed by atoms with Crippen LogP contribution >= 0.6 is 0 Å². The summed E-state index contributed by atoms with van der Waals surface area (Å²) in [5.74, 6) is -0.542. The summed E-state index contributed by atoms with van der Waals surface area (Å²) in [6, 6.07) is 6.84. The fraction of sp³-hybridized carbons (Fsp3) is 0.188. The van der Waals surface area contributed by atoms with Gasteiger partial charge in [-0.05, 0) is 54.8 Å². The van der Waals surface area contributed by atoms with Crippen LogP contribution in [0.25, 0.3) is 0 Å². The Balaban J connectivity index is 1.97. The minimum absolute atomic E-state index is 0.0299. The van der Waals surface area contributed by atoms with Gasteiger partial charge in [0, 0.05) is 17.8 Å². The topological polar surface area (TPSA) is 101 Å². The van der Waals surface area contributed by atoms with Crippen LogP contribution in [-0.4, -0.2) is 14.3 Å². The molecule has 0 aliphatic carbocycles. The zero-order valence-electron chi connectivity index (χ0n) is 12.9. The normalized spacial score (nSPS) is 14.0. The van der Waals surface area contributed by atoms with Gasteiger partial charge in [0.1, 0.15) is 10.7 Å². The third-order valence-corrected chi connectivity index (χ3v) is 5.27. The van der Waals surface area contributed by atoms with E-state index in [1.54, 1.807) is 6.92 Å². The number of carbonyl (C=O) groups is 1. The third kappa shape index (κ3) is 3.05. The number of benzene rings is 2. The maximum absolute atomic E-state index is 13.3. The Morgan fingerprint density at radius 3 is 2.67 bits per heavy atom. The standard InChI is InChI=1S/C16H16FN3O3S/c1-9-6-11(3-4-12(9)17)20-24(22,23)15-7-10-2-5-16(21)19-14(10)8-13(15)18/h3-4,6-8,20H,2,5,18H2,1H3,(H,19,21). The summed E-state index contributed by atoms with van der Waals surface area (Å²) in [6.07, 6.45) is 0.737. The van der Waals surface area contributed by atoms with E-state index >= 15 is 0 Å². The first kappa shape index (κ1) is 16.3. The predicted molar refractivity (Wildman–Crippen MR) is 89.8 cm³/mol. The van der Waals surface area contributed by atoms with Crippen LogP contribution in [0.4, 0.5) is 21.5 Å².